The molecule has 19 heavy (non-hydrogen) atoms. The van der Waals surface area contributed by atoms with Gasteiger partial charge in [0, 0.05) is 31.7 Å². The fourth-order valence-corrected chi connectivity index (χ4v) is 4.88. The Morgan fingerprint density at radius 1 is 1.11 bits per heavy atom. The molecule has 0 amide bonds. The summed E-state index contributed by atoms with van der Waals surface area (Å²) in [7, 11) is -3.18. The molecule has 0 atom stereocenters. The van der Waals surface area contributed by atoms with Crippen molar-refractivity contribution in [1.82, 2.24) is 0 Å². The fraction of sp³-hybridized carbons (Fsp3) is 0.385. The summed E-state index contributed by atoms with van der Waals surface area (Å²) in [6, 6.07) is 9.31. The molecule has 1 rings (SSSR count). The molecule has 0 unspecified atom stereocenters. The summed E-state index contributed by atoms with van der Waals surface area (Å²) in [5.41, 5.74) is 0. The first-order valence-electron chi connectivity index (χ1n) is 6.06. The van der Waals surface area contributed by atoms with Crippen LogP contribution in [0, 0.1) is 0 Å². The predicted octanol–water partition coefficient (Wildman–Crippen LogP) is 0.844. The van der Waals surface area contributed by atoms with Gasteiger partial charge in [0.25, 0.3) is 11.9 Å². The Morgan fingerprint density at radius 3 is 2.05 bits per heavy atom. The third-order valence-corrected chi connectivity index (χ3v) is 5.95. The van der Waals surface area contributed by atoms with Gasteiger partial charge < -0.3 is 14.0 Å². The van der Waals surface area contributed by atoms with Gasteiger partial charge >= 0.3 is 8.56 Å². The van der Waals surface area contributed by atoms with E-state index in [0.717, 1.165) is 0 Å². The van der Waals surface area contributed by atoms with Gasteiger partial charge in [0.1, 0.15) is 0 Å². The van der Waals surface area contributed by atoms with E-state index in [9.17, 15) is 9.59 Å². The van der Waals surface area contributed by atoms with Crippen molar-refractivity contribution >= 4 is 25.7 Å². The third-order valence-electron chi connectivity index (χ3n) is 2.49. The first-order chi connectivity index (χ1) is 9.00. The molecule has 0 spiro atoms. The van der Waals surface area contributed by atoms with Crippen molar-refractivity contribution in [3.8, 4) is 0 Å². The van der Waals surface area contributed by atoms with Gasteiger partial charge in [-0.05, 0) is 6.42 Å². The van der Waals surface area contributed by atoms with Gasteiger partial charge in [0.2, 0.25) is 0 Å². The minimum atomic E-state index is -3.18. The molecular weight excluding hydrogens is 264 g/mol. The quantitative estimate of drug-likeness (QED) is 0.783. The zero-order valence-electron chi connectivity index (χ0n) is 11.1. The van der Waals surface area contributed by atoms with Crippen molar-refractivity contribution in [1.29, 1.82) is 0 Å². The van der Waals surface area contributed by atoms with E-state index in [-0.39, 0.29) is 6.61 Å². The van der Waals surface area contributed by atoms with Gasteiger partial charge in [-0.3, -0.25) is 9.59 Å². The van der Waals surface area contributed by atoms with Gasteiger partial charge in [-0.15, -0.1) is 0 Å². The monoisotopic (exact) mass is 282 g/mol. The summed E-state index contributed by atoms with van der Waals surface area (Å²) in [4.78, 5) is 22.7. The van der Waals surface area contributed by atoms with Crippen LogP contribution in [0.15, 0.2) is 30.3 Å². The van der Waals surface area contributed by atoms with Crippen LogP contribution in [0.4, 0.5) is 0 Å². The summed E-state index contributed by atoms with van der Waals surface area (Å²) in [5, 5.41) is 9.69. The van der Waals surface area contributed by atoms with Crippen LogP contribution in [0.5, 0.6) is 0 Å². The van der Waals surface area contributed by atoms with Gasteiger partial charge in [-0.1, -0.05) is 30.3 Å². The van der Waals surface area contributed by atoms with Crippen LogP contribution >= 0.6 is 0 Å². The molecule has 0 bridgehead atoms. The number of hydrogen-bond acceptors (Lipinski definition) is 5. The first kappa shape index (κ1) is 15.4. The summed E-state index contributed by atoms with van der Waals surface area (Å²) in [5.74, 6) is -0.982. The molecule has 1 N–H and O–H groups in total. The Hall–Kier alpha value is -1.66. The van der Waals surface area contributed by atoms with E-state index in [1.54, 1.807) is 24.3 Å². The molecule has 5 nitrogen and oxygen atoms in total. The van der Waals surface area contributed by atoms with Crippen LogP contribution in [0.3, 0.4) is 0 Å². The zero-order chi connectivity index (χ0) is 14.3. The number of rotatable bonds is 6. The second-order valence-electron chi connectivity index (χ2n) is 4.13. The molecule has 0 saturated carbocycles. The molecule has 0 aliphatic heterocycles. The van der Waals surface area contributed by atoms with Crippen LogP contribution in [0.1, 0.15) is 20.3 Å². The van der Waals surface area contributed by atoms with Crippen LogP contribution in [0.2, 0.25) is 6.04 Å². The van der Waals surface area contributed by atoms with Gasteiger partial charge in [-0.2, -0.15) is 0 Å². The van der Waals surface area contributed by atoms with Crippen LogP contribution in [0.25, 0.3) is 0 Å². The molecule has 104 valence electrons. The van der Waals surface area contributed by atoms with Crippen molar-refractivity contribution in [2.24, 2.45) is 0 Å². The lowest BCUT2D eigenvalue weighted by molar-refractivity contribution is -0.138. The van der Waals surface area contributed by atoms with Crippen molar-refractivity contribution in [2.75, 3.05) is 6.61 Å². The maximum Gasteiger partial charge on any atom is 0.499 e. The highest BCUT2D eigenvalue weighted by Crippen LogP contribution is 2.17. The second kappa shape index (κ2) is 7.06. The van der Waals surface area contributed by atoms with Gasteiger partial charge in [0.15, 0.2) is 0 Å². The normalized spacial score (nSPS) is 10.9. The predicted molar refractivity (Wildman–Crippen MR) is 71.9 cm³/mol. The maximum atomic E-state index is 11.3. The lowest BCUT2D eigenvalue weighted by Crippen LogP contribution is -2.55. The lowest BCUT2D eigenvalue weighted by atomic mass is 10.4. The van der Waals surface area contributed by atoms with E-state index in [2.05, 4.69) is 0 Å². The fourth-order valence-electron chi connectivity index (χ4n) is 1.85. The number of aliphatic hydroxyl groups excluding tert-OH is 1. The average molecular weight is 282 g/mol. The highest BCUT2D eigenvalue weighted by Gasteiger charge is 2.45. The van der Waals surface area contributed by atoms with Crippen LogP contribution in [-0.2, 0) is 18.4 Å². The van der Waals surface area contributed by atoms with Crippen LogP contribution < -0.4 is 5.19 Å². The van der Waals surface area contributed by atoms with Crippen molar-refractivity contribution in [2.45, 2.75) is 26.3 Å². The number of hydrogen-bond donors (Lipinski definition) is 1. The summed E-state index contributed by atoms with van der Waals surface area (Å²) in [6.07, 6.45) is 0.404. The topological polar surface area (TPSA) is 72.8 Å². The van der Waals surface area contributed by atoms with E-state index in [4.69, 9.17) is 14.0 Å². The Labute approximate surface area is 113 Å². The standard InChI is InChI=1S/C13H18O5Si/c1-11(15)17-19(10-6-9-14,18-12(2)16)13-7-4-3-5-8-13/h3-5,7-8,14H,6,9-10H2,1-2H3. The van der Waals surface area contributed by atoms with Gasteiger partial charge in [-0.25, -0.2) is 0 Å². The zero-order valence-corrected chi connectivity index (χ0v) is 12.1. The second-order valence-corrected chi connectivity index (χ2v) is 7.12. The third kappa shape index (κ3) is 4.49. The number of aliphatic hydroxyl groups is 1. The highest BCUT2D eigenvalue weighted by molar-refractivity contribution is 6.83. The number of benzene rings is 1. The Kier molecular flexibility index (Phi) is 5.72. The average Bonchev–Trinajstić information content (AvgIpc) is 2.35. The van der Waals surface area contributed by atoms with E-state index >= 15 is 0 Å². The Morgan fingerprint density at radius 2 is 1.63 bits per heavy atom. The van der Waals surface area contributed by atoms with Crippen molar-refractivity contribution in [3.05, 3.63) is 30.3 Å². The molecule has 0 radical (unpaired) electrons. The molecule has 0 heterocycles. The lowest BCUT2D eigenvalue weighted by Gasteiger charge is -2.28. The number of carbonyl (C=O) groups excluding carboxylic acids is 2. The Bertz CT molecular complexity index is 416. The molecule has 0 fully saturated rings. The first-order valence-corrected chi connectivity index (χ1v) is 8.08. The highest BCUT2D eigenvalue weighted by atomic mass is 28.4. The van der Waals surface area contributed by atoms with E-state index in [1.807, 2.05) is 6.07 Å². The summed E-state index contributed by atoms with van der Waals surface area (Å²) < 4.78 is 10.8. The van der Waals surface area contributed by atoms with Crippen molar-refractivity contribution < 1.29 is 23.5 Å². The largest absolute Gasteiger partial charge is 0.499 e. The molecule has 0 saturated heterocycles. The molecule has 0 aromatic heterocycles. The van der Waals surface area contributed by atoms with Crippen molar-refractivity contribution in [3.63, 3.8) is 0 Å². The van der Waals surface area contributed by atoms with E-state index in [1.165, 1.54) is 13.8 Å². The van der Waals surface area contributed by atoms with E-state index < -0.39 is 20.5 Å². The van der Waals surface area contributed by atoms with E-state index in [0.29, 0.717) is 17.7 Å². The minimum absolute atomic E-state index is 0.0515. The summed E-state index contributed by atoms with van der Waals surface area (Å²) in [6.45, 7) is 2.52. The molecule has 1 aromatic rings. The number of carbonyl (C=O) groups is 2. The maximum absolute atomic E-state index is 11.3. The molecule has 1 aromatic carbocycles. The SMILES string of the molecule is CC(=O)O[Si](CCCO)(OC(C)=O)c1ccccc1. The molecule has 6 heteroatoms. The molecule has 0 aliphatic carbocycles. The molecule has 0 aliphatic rings. The van der Waals surface area contributed by atoms with Gasteiger partial charge in [0.05, 0.1) is 0 Å². The molecular formula is C13H18O5Si. The smallest absolute Gasteiger partial charge is 0.482 e. The minimum Gasteiger partial charge on any atom is -0.482 e. The van der Waals surface area contributed by atoms with Crippen LogP contribution in [-0.4, -0.2) is 32.2 Å². The summed E-state index contributed by atoms with van der Waals surface area (Å²) >= 11 is 0. The Balaban J connectivity index is 3.16.